The first-order valence-corrected chi connectivity index (χ1v) is 11.9. The molecule has 0 unspecified atom stereocenters. The van der Waals surface area contributed by atoms with E-state index in [1.807, 2.05) is 32.0 Å². The number of fused-ring (bicyclic) bond motifs is 5. The van der Waals surface area contributed by atoms with Crippen LogP contribution < -0.4 is 15.8 Å². The van der Waals surface area contributed by atoms with Gasteiger partial charge >= 0.3 is 18.0 Å². The van der Waals surface area contributed by atoms with Crippen LogP contribution in [0, 0.1) is 0 Å². The molecule has 0 spiro atoms. The summed E-state index contributed by atoms with van der Waals surface area (Å²) in [6.07, 6.45) is 0.106. The molecular formula is C26H24N4O6. The number of ether oxygens (including phenoxy) is 2. The first kappa shape index (κ1) is 22.3. The van der Waals surface area contributed by atoms with Gasteiger partial charge in [-0.3, -0.25) is 14.5 Å². The van der Waals surface area contributed by atoms with Crippen LogP contribution >= 0.6 is 0 Å². The van der Waals surface area contributed by atoms with E-state index >= 15 is 0 Å². The minimum atomic E-state index is -1.71. The number of aromatic nitrogens is 2. The lowest BCUT2D eigenvalue weighted by Crippen LogP contribution is -2.47. The molecule has 0 saturated heterocycles. The molecule has 10 nitrogen and oxygen atoms in total. The Hall–Kier alpha value is -4.21. The summed E-state index contributed by atoms with van der Waals surface area (Å²) in [6.45, 7) is 6.78. The zero-order valence-electron chi connectivity index (χ0n) is 20.3. The summed E-state index contributed by atoms with van der Waals surface area (Å²) in [5, 5.41) is 3.76. The summed E-state index contributed by atoms with van der Waals surface area (Å²) >= 11 is 0. The molecular weight excluding hydrogens is 464 g/mol. The molecule has 1 N–H and O–H groups in total. The van der Waals surface area contributed by atoms with E-state index in [4.69, 9.17) is 14.5 Å². The van der Waals surface area contributed by atoms with E-state index in [-0.39, 0.29) is 42.8 Å². The number of cyclic esters (lactones) is 1. The van der Waals surface area contributed by atoms with Crippen LogP contribution in [0.5, 0.6) is 0 Å². The van der Waals surface area contributed by atoms with Crippen molar-refractivity contribution < 1.29 is 23.9 Å². The largest absolute Gasteiger partial charge is 0.457 e. The highest BCUT2D eigenvalue weighted by molar-refractivity contribution is 6.20. The Labute approximate surface area is 205 Å². The normalized spacial score (nSPS) is 19.5. The Morgan fingerprint density at radius 3 is 2.72 bits per heavy atom. The van der Waals surface area contributed by atoms with Crippen molar-refractivity contribution >= 4 is 40.2 Å². The summed E-state index contributed by atoms with van der Waals surface area (Å²) in [7, 11) is 0. The topological polar surface area (TPSA) is 120 Å². The number of nitrogens with one attached hydrogen (secondary N) is 1. The zero-order valence-corrected chi connectivity index (χ0v) is 20.3. The third-order valence-corrected chi connectivity index (χ3v) is 7.19. The predicted molar refractivity (Wildman–Crippen MR) is 131 cm³/mol. The van der Waals surface area contributed by atoms with Crippen molar-refractivity contribution in [3.05, 3.63) is 51.3 Å². The maximum atomic E-state index is 13.7. The molecule has 0 saturated carbocycles. The van der Waals surface area contributed by atoms with Gasteiger partial charge in [-0.15, -0.1) is 0 Å². The fourth-order valence-corrected chi connectivity index (χ4v) is 5.65. The average molecular weight is 489 g/mol. The Morgan fingerprint density at radius 2 is 2.03 bits per heavy atom. The van der Waals surface area contributed by atoms with Gasteiger partial charge in [-0.05, 0) is 38.5 Å². The molecule has 184 valence electrons. The van der Waals surface area contributed by atoms with Gasteiger partial charge in [0.15, 0.2) is 0 Å². The molecule has 2 amide bonds. The Kier molecular flexibility index (Phi) is 4.57. The SMILES string of the molecule is CC[C@@]1(OC(C)=O)C(=O)OCc2c1cc1n(c2=O)Cc2c-1nc1cccc3c1c2N(C(C)C)C(=O)N3. The minimum Gasteiger partial charge on any atom is -0.457 e. The highest BCUT2D eigenvalue weighted by Gasteiger charge is 2.50. The van der Waals surface area contributed by atoms with Gasteiger partial charge in [-0.2, -0.15) is 0 Å². The van der Waals surface area contributed by atoms with Crippen LogP contribution in [-0.4, -0.2) is 33.6 Å². The van der Waals surface area contributed by atoms with Crippen LogP contribution in [0.2, 0.25) is 0 Å². The van der Waals surface area contributed by atoms with Gasteiger partial charge in [0, 0.05) is 29.5 Å². The van der Waals surface area contributed by atoms with E-state index in [0.29, 0.717) is 28.2 Å². The maximum absolute atomic E-state index is 13.7. The third kappa shape index (κ3) is 2.75. The number of amides is 2. The number of urea groups is 1. The number of pyridine rings is 2. The summed E-state index contributed by atoms with van der Waals surface area (Å²) in [5.74, 6) is -1.36. The van der Waals surface area contributed by atoms with Crippen LogP contribution in [0.15, 0.2) is 29.1 Å². The second-order valence-corrected chi connectivity index (χ2v) is 9.54. The molecule has 0 fully saturated rings. The number of hydrogen-bond acceptors (Lipinski definition) is 7. The molecule has 5 heterocycles. The lowest BCUT2D eigenvalue weighted by Gasteiger charge is -2.35. The van der Waals surface area contributed by atoms with E-state index in [0.717, 1.165) is 16.6 Å². The molecule has 0 bridgehead atoms. The maximum Gasteiger partial charge on any atom is 0.355 e. The number of nitrogens with zero attached hydrogens (tertiary/aromatic N) is 3. The molecule has 3 aliphatic rings. The van der Waals surface area contributed by atoms with Crippen LogP contribution in [0.4, 0.5) is 16.2 Å². The van der Waals surface area contributed by atoms with Crippen molar-refractivity contribution in [2.24, 2.45) is 0 Å². The Bertz CT molecular complexity index is 1590. The van der Waals surface area contributed by atoms with Gasteiger partial charge in [0.2, 0.25) is 5.60 Å². The number of anilines is 2. The van der Waals surface area contributed by atoms with Crippen molar-refractivity contribution in [2.45, 2.75) is 58.9 Å². The summed E-state index contributed by atoms with van der Waals surface area (Å²) in [5.41, 5.74) is 2.42. The molecule has 1 atom stereocenters. The van der Waals surface area contributed by atoms with Crippen LogP contribution in [0.1, 0.15) is 50.8 Å². The number of carbonyl (C=O) groups excluding carboxylic acids is 3. The standard InChI is InChI=1S/C26H24N4O6/c1-5-26(36-13(4)31)16-9-19-21-14(10-29(19)23(32)15(16)11-35-24(26)33)22-20-17(27-21)7-6-8-18(20)28-25(34)30(22)12(2)3/h6-9,12H,5,10-11H2,1-4H3,(H,28,34)/t26-/m0/s1. The highest BCUT2D eigenvalue weighted by Crippen LogP contribution is 2.47. The smallest absolute Gasteiger partial charge is 0.355 e. The fourth-order valence-electron chi connectivity index (χ4n) is 5.65. The lowest BCUT2D eigenvalue weighted by atomic mass is 9.85. The zero-order chi connectivity index (χ0) is 25.5. The first-order valence-electron chi connectivity index (χ1n) is 11.9. The molecule has 6 rings (SSSR count). The lowest BCUT2D eigenvalue weighted by molar-refractivity contribution is -0.188. The van der Waals surface area contributed by atoms with Crippen molar-refractivity contribution in [3.8, 4) is 11.4 Å². The van der Waals surface area contributed by atoms with Crippen molar-refractivity contribution in [1.82, 2.24) is 9.55 Å². The summed E-state index contributed by atoms with van der Waals surface area (Å²) in [4.78, 5) is 58.3. The third-order valence-electron chi connectivity index (χ3n) is 7.19. The second-order valence-electron chi connectivity index (χ2n) is 9.54. The number of carbonyl (C=O) groups is 3. The van der Waals surface area contributed by atoms with Gasteiger partial charge in [0.1, 0.15) is 6.61 Å². The predicted octanol–water partition coefficient (Wildman–Crippen LogP) is 3.41. The van der Waals surface area contributed by atoms with Gasteiger partial charge < -0.3 is 19.4 Å². The van der Waals surface area contributed by atoms with Crippen molar-refractivity contribution in [1.29, 1.82) is 0 Å². The average Bonchev–Trinajstić information content (AvgIpc) is 3.19. The molecule has 1 aromatic carbocycles. The summed E-state index contributed by atoms with van der Waals surface area (Å²) < 4.78 is 12.4. The number of hydrogen-bond donors (Lipinski definition) is 1. The number of esters is 2. The van der Waals surface area contributed by atoms with E-state index in [1.54, 1.807) is 22.5 Å². The van der Waals surface area contributed by atoms with Crippen LogP contribution in [-0.2, 0) is 37.8 Å². The van der Waals surface area contributed by atoms with Crippen LogP contribution in [0.25, 0.3) is 22.3 Å². The summed E-state index contributed by atoms with van der Waals surface area (Å²) in [6, 6.07) is 6.84. The van der Waals surface area contributed by atoms with Gasteiger partial charge in [-0.1, -0.05) is 13.0 Å². The highest BCUT2D eigenvalue weighted by atomic mass is 16.6. The quantitative estimate of drug-likeness (QED) is 0.439. The van der Waals surface area contributed by atoms with E-state index in [2.05, 4.69) is 5.32 Å². The van der Waals surface area contributed by atoms with Crippen LogP contribution in [0.3, 0.4) is 0 Å². The molecule has 0 aliphatic carbocycles. The minimum absolute atomic E-state index is 0.106. The molecule has 36 heavy (non-hydrogen) atoms. The van der Waals surface area contributed by atoms with E-state index in [1.165, 1.54) is 6.92 Å². The molecule has 0 radical (unpaired) electrons. The van der Waals surface area contributed by atoms with Crippen molar-refractivity contribution in [3.63, 3.8) is 0 Å². The molecule has 3 aromatic rings. The van der Waals surface area contributed by atoms with Gasteiger partial charge in [-0.25, -0.2) is 14.6 Å². The Balaban J connectivity index is 1.68. The van der Waals surface area contributed by atoms with E-state index in [9.17, 15) is 19.2 Å². The van der Waals surface area contributed by atoms with Gasteiger partial charge in [0.05, 0.1) is 40.4 Å². The van der Waals surface area contributed by atoms with Crippen molar-refractivity contribution in [2.75, 3.05) is 10.2 Å². The Morgan fingerprint density at radius 1 is 1.25 bits per heavy atom. The second kappa shape index (κ2) is 7.39. The fraction of sp³-hybridized carbons (Fsp3) is 0.346. The monoisotopic (exact) mass is 488 g/mol. The van der Waals surface area contributed by atoms with E-state index < -0.39 is 17.5 Å². The molecule has 2 aromatic heterocycles. The molecule has 10 heteroatoms. The molecule has 3 aliphatic heterocycles. The number of benzene rings is 1. The number of rotatable bonds is 3. The van der Waals surface area contributed by atoms with Gasteiger partial charge in [0.25, 0.3) is 5.56 Å². The first-order chi connectivity index (χ1) is 17.2.